The van der Waals surface area contributed by atoms with Crippen LogP contribution in [0.5, 0.6) is 0 Å². The largest absolute Gasteiger partial charge is 0.346 e. The predicted octanol–water partition coefficient (Wildman–Crippen LogP) is 7.00. The highest BCUT2D eigenvalue weighted by molar-refractivity contribution is 5.48. The van der Waals surface area contributed by atoms with E-state index in [0.717, 1.165) is 24.3 Å². The molecule has 0 N–H and O–H groups in total. The van der Waals surface area contributed by atoms with Crippen LogP contribution in [0.25, 0.3) is 0 Å². The number of halogens is 7. The molecule has 1 aliphatic rings. The Bertz CT molecular complexity index is 904. The first-order valence-electron chi connectivity index (χ1n) is 9.31. The van der Waals surface area contributed by atoms with Gasteiger partial charge in [-0.05, 0) is 17.5 Å². The standard InChI is InChI=1S/C22H19F7O/c1-2-13-20(28)16(23)17(24)22(30-19(26)27,15-11-7-4-8-12-15)21(29,18(20)25)14-9-5-3-6-10-14/h3-12,18-19H,2,13H2,1H3. The molecule has 0 aliphatic heterocycles. The van der Waals surface area contributed by atoms with E-state index in [2.05, 4.69) is 4.74 Å². The molecular weight excluding hydrogens is 413 g/mol. The number of benzene rings is 2. The zero-order chi connectivity index (χ0) is 22.2. The monoisotopic (exact) mass is 432 g/mol. The highest BCUT2D eigenvalue weighted by Crippen LogP contribution is 2.63. The van der Waals surface area contributed by atoms with Gasteiger partial charge in [-0.25, -0.2) is 22.0 Å². The van der Waals surface area contributed by atoms with E-state index in [0.29, 0.717) is 0 Å². The molecule has 0 fully saturated rings. The Kier molecular flexibility index (Phi) is 6.00. The molecule has 0 radical (unpaired) electrons. The summed E-state index contributed by atoms with van der Waals surface area (Å²) in [4.78, 5) is 0. The van der Waals surface area contributed by atoms with Crippen molar-refractivity contribution in [1.82, 2.24) is 0 Å². The third-order valence-corrected chi connectivity index (χ3v) is 5.38. The Labute approximate surface area is 169 Å². The highest BCUT2D eigenvalue weighted by Gasteiger charge is 2.75. The Morgan fingerprint density at radius 1 is 0.867 bits per heavy atom. The minimum absolute atomic E-state index is 0.156. The van der Waals surface area contributed by atoms with Gasteiger partial charge in [0.05, 0.1) is 0 Å². The molecule has 1 aliphatic carbocycles. The van der Waals surface area contributed by atoms with Crippen LogP contribution in [-0.2, 0) is 16.0 Å². The van der Waals surface area contributed by atoms with Crippen molar-refractivity contribution in [3.8, 4) is 0 Å². The lowest BCUT2D eigenvalue weighted by molar-refractivity contribution is -0.283. The molecule has 4 unspecified atom stereocenters. The lowest BCUT2D eigenvalue weighted by atomic mass is 9.62. The normalized spacial score (nSPS) is 32.0. The first-order chi connectivity index (χ1) is 14.2. The van der Waals surface area contributed by atoms with Crippen molar-refractivity contribution in [2.24, 2.45) is 0 Å². The second kappa shape index (κ2) is 8.06. The summed E-state index contributed by atoms with van der Waals surface area (Å²) < 4.78 is 110. The minimum Gasteiger partial charge on any atom is -0.300 e. The molecule has 0 spiro atoms. The fourth-order valence-electron chi connectivity index (χ4n) is 4.08. The molecule has 3 rings (SSSR count). The molecule has 0 bridgehead atoms. The summed E-state index contributed by atoms with van der Waals surface area (Å²) in [6.07, 6.45) is -4.44. The van der Waals surface area contributed by atoms with Gasteiger partial charge in [-0.15, -0.1) is 0 Å². The van der Waals surface area contributed by atoms with Gasteiger partial charge in [0.1, 0.15) is 0 Å². The van der Waals surface area contributed by atoms with Crippen LogP contribution in [0.1, 0.15) is 30.9 Å². The van der Waals surface area contributed by atoms with E-state index in [1.165, 1.54) is 43.3 Å². The minimum atomic E-state index is -3.85. The third kappa shape index (κ3) is 3.04. The molecule has 4 atom stereocenters. The number of allylic oxidation sites excluding steroid dienone is 1. The lowest BCUT2D eigenvalue weighted by Gasteiger charge is -2.51. The van der Waals surface area contributed by atoms with Gasteiger partial charge in [-0.3, -0.25) is 4.74 Å². The zero-order valence-electron chi connectivity index (χ0n) is 15.9. The summed E-state index contributed by atoms with van der Waals surface area (Å²) in [5.41, 5.74) is -12.4. The van der Waals surface area contributed by atoms with Crippen LogP contribution >= 0.6 is 0 Å². The van der Waals surface area contributed by atoms with Gasteiger partial charge in [-0.1, -0.05) is 74.0 Å². The summed E-state index contributed by atoms with van der Waals surface area (Å²) in [5.74, 6) is -4.55. The maximum absolute atomic E-state index is 16.8. The first-order valence-corrected chi connectivity index (χ1v) is 9.31. The third-order valence-electron chi connectivity index (χ3n) is 5.38. The lowest BCUT2D eigenvalue weighted by Crippen LogP contribution is -2.64. The Hall–Kier alpha value is -2.35. The van der Waals surface area contributed by atoms with Crippen LogP contribution < -0.4 is 0 Å². The Balaban J connectivity index is 2.48. The molecular formula is C22H19F7O. The zero-order valence-corrected chi connectivity index (χ0v) is 15.9. The maximum Gasteiger partial charge on any atom is 0.346 e. The van der Waals surface area contributed by atoms with Gasteiger partial charge in [0, 0.05) is 0 Å². The maximum atomic E-state index is 16.8. The Morgan fingerprint density at radius 3 is 1.83 bits per heavy atom. The van der Waals surface area contributed by atoms with Crippen LogP contribution in [-0.4, -0.2) is 18.5 Å². The van der Waals surface area contributed by atoms with Crippen LogP contribution in [0.3, 0.4) is 0 Å². The quantitative estimate of drug-likeness (QED) is 0.447. The van der Waals surface area contributed by atoms with Gasteiger partial charge < -0.3 is 0 Å². The average molecular weight is 432 g/mol. The summed E-state index contributed by atoms with van der Waals surface area (Å²) in [6.45, 7) is -2.45. The summed E-state index contributed by atoms with van der Waals surface area (Å²) >= 11 is 0. The van der Waals surface area contributed by atoms with Gasteiger partial charge in [0.25, 0.3) is 0 Å². The number of alkyl halides is 5. The molecule has 162 valence electrons. The van der Waals surface area contributed by atoms with Crippen molar-refractivity contribution in [1.29, 1.82) is 0 Å². The molecule has 2 aromatic carbocycles. The topological polar surface area (TPSA) is 9.23 Å². The number of rotatable bonds is 6. The highest BCUT2D eigenvalue weighted by atomic mass is 19.3. The van der Waals surface area contributed by atoms with Crippen molar-refractivity contribution in [3.05, 3.63) is 83.4 Å². The van der Waals surface area contributed by atoms with Gasteiger partial charge in [0.2, 0.25) is 5.67 Å². The van der Waals surface area contributed by atoms with Crippen molar-refractivity contribution < 1.29 is 35.5 Å². The molecule has 0 heterocycles. The molecule has 0 saturated heterocycles. The van der Waals surface area contributed by atoms with Crippen LogP contribution in [0, 0.1) is 0 Å². The second-order valence-corrected chi connectivity index (χ2v) is 7.11. The fraction of sp³-hybridized carbons (Fsp3) is 0.364. The molecule has 0 aromatic heterocycles. The Morgan fingerprint density at radius 2 is 1.37 bits per heavy atom. The van der Waals surface area contributed by atoms with Crippen molar-refractivity contribution in [2.45, 2.75) is 49.5 Å². The van der Waals surface area contributed by atoms with Crippen molar-refractivity contribution >= 4 is 0 Å². The molecule has 0 amide bonds. The average Bonchev–Trinajstić information content (AvgIpc) is 2.75. The molecule has 8 heteroatoms. The van der Waals surface area contributed by atoms with Crippen LogP contribution in [0.15, 0.2) is 72.3 Å². The molecule has 1 nitrogen and oxygen atoms in total. The van der Waals surface area contributed by atoms with Gasteiger partial charge in [-0.2, -0.15) is 8.78 Å². The number of ether oxygens (including phenoxy) is 1. The van der Waals surface area contributed by atoms with Gasteiger partial charge in [0.15, 0.2) is 29.1 Å². The SMILES string of the molecule is CCCC1(F)C(F)=C(F)C(OC(F)F)(c2ccccc2)C(F)(c2ccccc2)C1F. The van der Waals surface area contributed by atoms with Crippen molar-refractivity contribution in [2.75, 3.05) is 0 Å². The van der Waals surface area contributed by atoms with Crippen LogP contribution in [0.2, 0.25) is 0 Å². The first kappa shape index (κ1) is 22.3. The second-order valence-electron chi connectivity index (χ2n) is 7.11. The van der Waals surface area contributed by atoms with Crippen LogP contribution in [0.4, 0.5) is 30.7 Å². The molecule has 0 saturated carbocycles. The summed E-state index contributed by atoms with van der Waals surface area (Å²) in [5, 5.41) is 0. The van der Waals surface area contributed by atoms with E-state index in [4.69, 9.17) is 0 Å². The fourth-order valence-corrected chi connectivity index (χ4v) is 4.08. The molecule has 30 heavy (non-hydrogen) atoms. The van der Waals surface area contributed by atoms with E-state index in [-0.39, 0.29) is 6.42 Å². The van der Waals surface area contributed by atoms with Crippen molar-refractivity contribution in [3.63, 3.8) is 0 Å². The number of hydrogen-bond acceptors (Lipinski definition) is 1. The van der Waals surface area contributed by atoms with E-state index in [1.54, 1.807) is 0 Å². The summed E-state index contributed by atoms with van der Waals surface area (Å²) in [7, 11) is 0. The summed E-state index contributed by atoms with van der Waals surface area (Å²) in [6, 6.07) is 11.7. The van der Waals surface area contributed by atoms with E-state index in [9.17, 15) is 13.2 Å². The number of hydrogen-bond donors (Lipinski definition) is 0. The van der Waals surface area contributed by atoms with E-state index < -0.39 is 58.9 Å². The molecule has 2 aromatic rings. The smallest absolute Gasteiger partial charge is 0.300 e. The van der Waals surface area contributed by atoms with E-state index >= 15 is 17.6 Å². The predicted molar refractivity (Wildman–Crippen MR) is 97.3 cm³/mol. The van der Waals surface area contributed by atoms with E-state index in [1.807, 2.05) is 0 Å². The van der Waals surface area contributed by atoms with Gasteiger partial charge >= 0.3 is 6.61 Å².